The van der Waals surface area contributed by atoms with Gasteiger partial charge in [-0.15, -0.1) is 0 Å². The van der Waals surface area contributed by atoms with E-state index in [0.717, 1.165) is 24.8 Å². The molecule has 21 heavy (non-hydrogen) atoms. The first-order chi connectivity index (χ1) is 10.2. The molecule has 0 saturated carbocycles. The number of nitrogens with zero attached hydrogens (tertiary/aromatic N) is 3. The van der Waals surface area contributed by atoms with Gasteiger partial charge in [-0.05, 0) is 19.3 Å². The molecule has 1 saturated heterocycles. The standard InChI is InChI=1S/C15H17N3O3/c19-14(11-4-5-12(11)15(20)21)18-6-2-1-3-13(18)10-7-16-9-17-8-10/h4-5,7-9,11-13H,1-3,6H2,(H,20,21)/t11-,12+,13?/m0/s1. The molecule has 0 radical (unpaired) electrons. The van der Waals surface area contributed by atoms with Gasteiger partial charge in [-0.1, -0.05) is 12.2 Å². The lowest BCUT2D eigenvalue weighted by Crippen LogP contribution is -2.46. The van der Waals surface area contributed by atoms with E-state index in [1.54, 1.807) is 29.4 Å². The predicted octanol–water partition coefficient (Wildman–Crippen LogP) is 1.42. The molecule has 1 aromatic heterocycles. The van der Waals surface area contributed by atoms with Gasteiger partial charge < -0.3 is 10.0 Å². The van der Waals surface area contributed by atoms with E-state index in [-0.39, 0.29) is 11.9 Å². The predicted molar refractivity (Wildman–Crippen MR) is 74.1 cm³/mol. The average Bonchev–Trinajstić information content (AvgIpc) is 2.46. The topological polar surface area (TPSA) is 83.4 Å². The summed E-state index contributed by atoms with van der Waals surface area (Å²) in [5.41, 5.74) is 0.917. The van der Waals surface area contributed by atoms with Gasteiger partial charge in [0.2, 0.25) is 5.91 Å². The quantitative estimate of drug-likeness (QED) is 0.850. The van der Waals surface area contributed by atoms with Crippen molar-refractivity contribution in [3.63, 3.8) is 0 Å². The molecule has 3 rings (SSSR count). The first-order valence-corrected chi connectivity index (χ1v) is 7.15. The summed E-state index contributed by atoms with van der Waals surface area (Å²) < 4.78 is 0. The second kappa shape index (κ2) is 5.63. The molecule has 1 aromatic rings. The molecule has 0 spiro atoms. The van der Waals surface area contributed by atoms with Crippen LogP contribution in [0.15, 0.2) is 30.9 Å². The minimum absolute atomic E-state index is 0.0455. The summed E-state index contributed by atoms with van der Waals surface area (Å²) in [7, 11) is 0. The van der Waals surface area contributed by atoms with Crippen molar-refractivity contribution in [3.8, 4) is 0 Å². The van der Waals surface area contributed by atoms with E-state index in [2.05, 4.69) is 9.97 Å². The summed E-state index contributed by atoms with van der Waals surface area (Å²) in [6.45, 7) is 0.662. The lowest BCUT2D eigenvalue weighted by molar-refractivity contribution is -0.149. The molecule has 1 fully saturated rings. The fourth-order valence-corrected chi connectivity index (χ4v) is 3.02. The third-order valence-electron chi connectivity index (χ3n) is 4.23. The van der Waals surface area contributed by atoms with E-state index in [1.807, 2.05) is 0 Å². The third-order valence-corrected chi connectivity index (χ3v) is 4.23. The minimum atomic E-state index is -0.938. The number of aliphatic carboxylic acids is 1. The van der Waals surface area contributed by atoms with Gasteiger partial charge >= 0.3 is 5.97 Å². The molecular weight excluding hydrogens is 270 g/mol. The van der Waals surface area contributed by atoms with Crippen molar-refractivity contribution >= 4 is 11.9 Å². The number of hydrogen-bond donors (Lipinski definition) is 1. The zero-order valence-electron chi connectivity index (χ0n) is 11.6. The number of aromatic nitrogens is 2. The van der Waals surface area contributed by atoms with Crippen molar-refractivity contribution < 1.29 is 14.7 Å². The Morgan fingerprint density at radius 2 is 1.86 bits per heavy atom. The Balaban J connectivity index is 1.80. The van der Waals surface area contributed by atoms with Crippen LogP contribution in [-0.4, -0.2) is 38.4 Å². The molecular formula is C15H17N3O3. The van der Waals surface area contributed by atoms with Crippen LogP contribution in [0.2, 0.25) is 0 Å². The van der Waals surface area contributed by atoms with Crippen LogP contribution < -0.4 is 0 Å². The zero-order chi connectivity index (χ0) is 14.8. The van der Waals surface area contributed by atoms with Gasteiger partial charge in [0.25, 0.3) is 0 Å². The molecule has 1 aliphatic heterocycles. The van der Waals surface area contributed by atoms with Crippen molar-refractivity contribution in [1.82, 2.24) is 14.9 Å². The van der Waals surface area contributed by atoms with E-state index < -0.39 is 17.8 Å². The van der Waals surface area contributed by atoms with Gasteiger partial charge in [-0.3, -0.25) is 9.59 Å². The normalized spacial score (nSPS) is 28.0. The molecule has 1 amide bonds. The van der Waals surface area contributed by atoms with Crippen LogP contribution in [0.4, 0.5) is 0 Å². The minimum Gasteiger partial charge on any atom is -0.481 e. The van der Waals surface area contributed by atoms with Crippen LogP contribution in [0.25, 0.3) is 0 Å². The molecule has 2 heterocycles. The number of rotatable bonds is 3. The van der Waals surface area contributed by atoms with Crippen LogP contribution in [0.3, 0.4) is 0 Å². The SMILES string of the molecule is O=C(O)[C@@H]1C=C[C@@H]1C(=O)N1CCCCC1c1cncnc1. The van der Waals surface area contributed by atoms with Crippen molar-refractivity contribution in [3.05, 3.63) is 36.4 Å². The van der Waals surface area contributed by atoms with Crippen LogP contribution in [0, 0.1) is 11.8 Å². The average molecular weight is 287 g/mol. The largest absolute Gasteiger partial charge is 0.481 e. The number of carboxylic acids is 1. The molecule has 1 aliphatic carbocycles. The number of carbonyl (C=O) groups excluding carboxylic acids is 1. The van der Waals surface area contributed by atoms with Crippen LogP contribution in [-0.2, 0) is 9.59 Å². The molecule has 3 atom stereocenters. The second-order valence-corrected chi connectivity index (χ2v) is 5.49. The molecule has 1 unspecified atom stereocenters. The monoisotopic (exact) mass is 287 g/mol. The highest BCUT2D eigenvalue weighted by molar-refractivity contribution is 5.90. The van der Waals surface area contributed by atoms with E-state index in [9.17, 15) is 9.59 Å². The van der Waals surface area contributed by atoms with E-state index in [4.69, 9.17) is 5.11 Å². The Morgan fingerprint density at radius 1 is 1.14 bits per heavy atom. The summed E-state index contributed by atoms with van der Waals surface area (Å²) in [6.07, 6.45) is 11.1. The van der Waals surface area contributed by atoms with Crippen molar-refractivity contribution in [2.24, 2.45) is 11.8 Å². The molecule has 1 N–H and O–H groups in total. The number of amides is 1. The highest BCUT2D eigenvalue weighted by Crippen LogP contribution is 2.35. The summed E-state index contributed by atoms with van der Waals surface area (Å²) in [6, 6.07) is -0.0455. The van der Waals surface area contributed by atoms with Gasteiger partial charge in [-0.25, -0.2) is 9.97 Å². The Morgan fingerprint density at radius 3 is 2.48 bits per heavy atom. The Hall–Kier alpha value is -2.24. The Labute approximate surface area is 122 Å². The maximum atomic E-state index is 12.6. The number of likely N-dealkylation sites (tertiary alicyclic amines) is 1. The summed E-state index contributed by atoms with van der Waals surface area (Å²) >= 11 is 0. The van der Waals surface area contributed by atoms with Crippen molar-refractivity contribution in [1.29, 1.82) is 0 Å². The number of carboxylic acid groups (broad SMARTS) is 1. The molecule has 6 heteroatoms. The van der Waals surface area contributed by atoms with Crippen LogP contribution >= 0.6 is 0 Å². The lowest BCUT2D eigenvalue weighted by atomic mass is 9.80. The van der Waals surface area contributed by atoms with E-state index >= 15 is 0 Å². The molecule has 0 aromatic carbocycles. The maximum absolute atomic E-state index is 12.6. The van der Waals surface area contributed by atoms with Gasteiger partial charge in [0.15, 0.2) is 0 Å². The van der Waals surface area contributed by atoms with Crippen LogP contribution in [0.1, 0.15) is 30.9 Å². The first kappa shape index (κ1) is 13.7. The van der Waals surface area contributed by atoms with Gasteiger partial charge in [0.05, 0.1) is 17.9 Å². The maximum Gasteiger partial charge on any atom is 0.311 e. The molecule has 2 aliphatic rings. The van der Waals surface area contributed by atoms with Gasteiger partial charge in [0, 0.05) is 24.5 Å². The van der Waals surface area contributed by atoms with E-state index in [1.165, 1.54) is 6.33 Å². The number of carbonyl (C=O) groups is 2. The lowest BCUT2D eigenvalue weighted by Gasteiger charge is -2.39. The number of piperidine rings is 1. The highest BCUT2D eigenvalue weighted by Gasteiger charge is 2.40. The number of hydrogen-bond acceptors (Lipinski definition) is 4. The molecule has 6 nitrogen and oxygen atoms in total. The van der Waals surface area contributed by atoms with Gasteiger partial charge in [-0.2, -0.15) is 0 Å². The van der Waals surface area contributed by atoms with E-state index in [0.29, 0.717) is 6.54 Å². The highest BCUT2D eigenvalue weighted by atomic mass is 16.4. The van der Waals surface area contributed by atoms with Crippen molar-refractivity contribution in [2.45, 2.75) is 25.3 Å². The third kappa shape index (κ3) is 2.53. The Bertz CT molecular complexity index is 573. The van der Waals surface area contributed by atoms with Gasteiger partial charge in [0.1, 0.15) is 6.33 Å². The first-order valence-electron chi connectivity index (χ1n) is 7.15. The zero-order valence-corrected chi connectivity index (χ0v) is 11.6. The summed E-state index contributed by atoms with van der Waals surface area (Å²) in [5, 5.41) is 9.09. The molecule has 110 valence electrons. The Kier molecular flexibility index (Phi) is 3.68. The second-order valence-electron chi connectivity index (χ2n) is 5.49. The van der Waals surface area contributed by atoms with Crippen LogP contribution in [0.5, 0.6) is 0 Å². The summed E-state index contributed by atoms with van der Waals surface area (Å²) in [4.78, 5) is 33.6. The smallest absolute Gasteiger partial charge is 0.311 e. The fraction of sp³-hybridized carbons (Fsp3) is 0.467. The molecule has 0 bridgehead atoms. The summed E-state index contributed by atoms with van der Waals surface area (Å²) in [5.74, 6) is -2.26. The fourth-order valence-electron chi connectivity index (χ4n) is 3.02. The van der Waals surface area contributed by atoms with Crippen molar-refractivity contribution in [2.75, 3.05) is 6.54 Å².